The van der Waals surface area contributed by atoms with Crippen molar-refractivity contribution in [3.63, 3.8) is 0 Å². The molecule has 0 bridgehead atoms. The molecular weight excluding hydrogens is 450 g/mol. The number of benzene rings is 1. The van der Waals surface area contributed by atoms with Gasteiger partial charge in [0.05, 0.1) is 36.6 Å². The molecule has 33 heavy (non-hydrogen) atoms. The van der Waals surface area contributed by atoms with Crippen molar-refractivity contribution in [2.75, 3.05) is 31.5 Å². The van der Waals surface area contributed by atoms with Gasteiger partial charge in [-0.25, -0.2) is 0 Å². The number of anilines is 1. The van der Waals surface area contributed by atoms with Gasteiger partial charge in [0.2, 0.25) is 0 Å². The summed E-state index contributed by atoms with van der Waals surface area (Å²) in [6, 6.07) is 14.3. The number of carbonyl (C=O) groups is 2. The molecule has 5 nitrogen and oxygen atoms in total. The lowest BCUT2D eigenvalue weighted by atomic mass is 9.88. The summed E-state index contributed by atoms with van der Waals surface area (Å²) in [5.41, 5.74) is 3.26. The van der Waals surface area contributed by atoms with Crippen molar-refractivity contribution in [1.29, 1.82) is 0 Å². The van der Waals surface area contributed by atoms with Gasteiger partial charge in [-0.15, -0.1) is 22.7 Å². The highest BCUT2D eigenvalue weighted by Crippen LogP contribution is 2.40. The number of hydrogen-bond acceptors (Lipinski definition) is 4. The number of nitrogens with one attached hydrogen (secondary N) is 2. The lowest BCUT2D eigenvalue weighted by Crippen LogP contribution is -3.13. The minimum Gasteiger partial charge on any atom is -0.328 e. The van der Waals surface area contributed by atoms with E-state index in [4.69, 9.17) is 0 Å². The van der Waals surface area contributed by atoms with E-state index in [0.29, 0.717) is 10.8 Å². The first kappa shape index (κ1) is 22.3. The molecule has 3 heterocycles. The van der Waals surface area contributed by atoms with E-state index in [9.17, 15) is 9.59 Å². The summed E-state index contributed by atoms with van der Waals surface area (Å²) in [5.74, 6) is 0.579. The van der Waals surface area contributed by atoms with Crippen molar-refractivity contribution in [2.24, 2.45) is 5.92 Å². The molecule has 172 valence electrons. The van der Waals surface area contributed by atoms with Crippen molar-refractivity contribution < 1.29 is 14.5 Å². The average Bonchev–Trinajstić information content (AvgIpc) is 3.48. The molecule has 0 saturated carbocycles. The van der Waals surface area contributed by atoms with Crippen LogP contribution < -0.4 is 10.2 Å². The van der Waals surface area contributed by atoms with Gasteiger partial charge in [-0.05, 0) is 42.2 Å². The van der Waals surface area contributed by atoms with Crippen LogP contribution in [0.15, 0.2) is 47.8 Å². The number of thiophene rings is 2. The standard InChI is InChI=1S/C26H29N3O2S2/c1-18-9-10-20-22(16-18)33-25(27-24(30)21-8-5-15-32-21)23(20)26(31)29-13-11-28(12-14-29)17-19-6-3-2-4-7-19/h2-8,15,18H,9-14,16-17H2,1H3,(H,27,30)/p+1. The fourth-order valence-electron chi connectivity index (χ4n) is 4.88. The van der Waals surface area contributed by atoms with Crippen molar-refractivity contribution in [2.45, 2.75) is 32.7 Å². The van der Waals surface area contributed by atoms with E-state index in [1.807, 2.05) is 28.5 Å². The largest absolute Gasteiger partial charge is 0.328 e. The van der Waals surface area contributed by atoms with Crippen LogP contribution in [0, 0.1) is 5.92 Å². The Hall–Kier alpha value is -2.48. The lowest BCUT2D eigenvalue weighted by molar-refractivity contribution is -0.917. The molecule has 7 heteroatoms. The predicted octanol–water partition coefficient (Wildman–Crippen LogP) is 3.73. The third kappa shape index (κ3) is 4.90. The van der Waals surface area contributed by atoms with Gasteiger partial charge in [0.15, 0.2) is 0 Å². The first-order valence-corrected chi connectivity index (χ1v) is 13.4. The second kappa shape index (κ2) is 9.79. The van der Waals surface area contributed by atoms with Crippen LogP contribution in [0.25, 0.3) is 0 Å². The van der Waals surface area contributed by atoms with E-state index in [2.05, 4.69) is 36.5 Å². The molecule has 2 N–H and O–H groups in total. The zero-order valence-electron chi connectivity index (χ0n) is 18.9. The van der Waals surface area contributed by atoms with E-state index < -0.39 is 0 Å². The van der Waals surface area contributed by atoms with Crippen LogP contribution >= 0.6 is 22.7 Å². The maximum absolute atomic E-state index is 13.7. The van der Waals surface area contributed by atoms with Crippen molar-refractivity contribution in [1.82, 2.24) is 4.90 Å². The molecule has 1 aliphatic carbocycles. The van der Waals surface area contributed by atoms with Crippen LogP contribution in [0.5, 0.6) is 0 Å². The lowest BCUT2D eigenvalue weighted by Gasteiger charge is -2.33. The summed E-state index contributed by atoms with van der Waals surface area (Å²) in [6.45, 7) is 6.65. The van der Waals surface area contributed by atoms with E-state index in [0.717, 1.165) is 62.6 Å². The summed E-state index contributed by atoms with van der Waals surface area (Å²) in [5, 5.41) is 5.72. The van der Waals surface area contributed by atoms with Crippen LogP contribution in [0.4, 0.5) is 5.00 Å². The van der Waals surface area contributed by atoms with Crippen LogP contribution in [0.3, 0.4) is 0 Å². The van der Waals surface area contributed by atoms with Crippen molar-refractivity contribution in [3.05, 3.63) is 74.3 Å². The second-order valence-corrected chi connectivity index (χ2v) is 11.2. The molecule has 1 aliphatic heterocycles. The minimum absolute atomic E-state index is 0.0855. The zero-order chi connectivity index (χ0) is 22.8. The Morgan fingerprint density at radius 1 is 1.12 bits per heavy atom. The summed E-state index contributed by atoms with van der Waals surface area (Å²) in [6.07, 6.45) is 3.00. The Kier molecular flexibility index (Phi) is 6.62. The summed E-state index contributed by atoms with van der Waals surface area (Å²) in [7, 11) is 0. The molecule has 1 saturated heterocycles. The number of rotatable bonds is 5. The molecule has 2 aliphatic rings. The van der Waals surface area contributed by atoms with E-state index in [-0.39, 0.29) is 11.8 Å². The molecule has 1 unspecified atom stereocenters. The minimum atomic E-state index is -0.122. The van der Waals surface area contributed by atoms with Gasteiger partial charge < -0.3 is 15.1 Å². The molecule has 0 spiro atoms. The van der Waals surface area contributed by atoms with Gasteiger partial charge >= 0.3 is 0 Å². The quantitative estimate of drug-likeness (QED) is 0.585. The first-order valence-electron chi connectivity index (χ1n) is 11.7. The van der Waals surface area contributed by atoms with Gasteiger partial charge in [-0.2, -0.15) is 0 Å². The molecule has 0 radical (unpaired) electrons. The van der Waals surface area contributed by atoms with Crippen LogP contribution in [-0.4, -0.2) is 42.9 Å². The number of carbonyl (C=O) groups excluding carboxylic acids is 2. The molecule has 2 amide bonds. The fraction of sp³-hybridized carbons (Fsp3) is 0.385. The van der Waals surface area contributed by atoms with Gasteiger partial charge in [-0.1, -0.05) is 43.3 Å². The molecule has 1 fully saturated rings. The molecule has 2 aromatic heterocycles. The molecule has 3 aromatic rings. The molecule has 1 aromatic carbocycles. The average molecular weight is 481 g/mol. The van der Waals surface area contributed by atoms with Gasteiger partial charge in [0.25, 0.3) is 11.8 Å². The highest BCUT2D eigenvalue weighted by atomic mass is 32.1. The van der Waals surface area contributed by atoms with E-state index in [1.54, 1.807) is 11.3 Å². The monoisotopic (exact) mass is 480 g/mol. The summed E-state index contributed by atoms with van der Waals surface area (Å²) < 4.78 is 0. The third-order valence-electron chi connectivity index (χ3n) is 6.75. The fourth-order valence-corrected chi connectivity index (χ4v) is 6.90. The van der Waals surface area contributed by atoms with Gasteiger partial charge in [0.1, 0.15) is 11.5 Å². The van der Waals surface area contributed by atoms with Crippen molar-refractivity contribution >= 4 is 39.5 Å². The Bertz CT molecular complexity index is 1120. The number of amides is 2. The summed E-state index contributed by atoms with van der Waals surface area (Å²) >= 11 is 3.03. The highest BCUT2D eigenvalue weighted by Gasteiger charge is 2.33. The SMILES string of the molecule is CC1CCc2c(sc(NC(=O)c3cccs3)c2C(=O)N2CC[NH+](Cc3ccccc3)CC2)C1. The Balaban J connectivity index is 1.33. The maximum atomic E-state index is 13.7. The topological polar surface area (TPSA) is 53.9 Å². The van der Waals surface area contributed by atoms with Crippen LogP contribution in [0.1, 0.15) is 49.4 Å². The van der Waals surface area contributed by atoms with Crippen LogP contribution in [-0.2, 0) is 19.4 Å². The smallest absolute Gasteiger partial charge is 0.266 e. The third-order valence-corrected chi connectivity index (χ3v) is 8.79. The van der Waals surface area contributed by atoms with Gasteiger partial charge in [0, 0.05) is 10.4 Å². The van der Waals surface area contributed by atoms with E-state index in [1.165, 1.54) is 32.2 Å². The highest BCUT2D eigenvalue weighted by molar-refractivity contribution is 7.17. The molecular formula is C26H30N3O2S2+. The maximum Gasteiger partial charge on any atom is 0.266 e. The Labute approximate surface area is 203 Å². The predicted molar refractivity (Wildman–Crippen MR) is 135 cm³/mol. The number of nitrogens with zero attached hydrogens (tertiary/aromatic N) is 1. The summed E-state index contributed by atoms with van der Waals surface area (Å²) in [4.78, 5) is 32.0. The number of fused-ring (bicyclic) bond motifs is 1. The Morgan fingerprint density at radius 3 is 2.64 bits per heavy atom. The number of piperazine rings is 1. The van der Waals surface area contributed by atoms with Crippen LogP contribution in [0.2, 0.25) is 0 Å². The van der Waals surface area contributed by atoms with Crippen molar-refractivity contribution in [3.8, 4) is 0 Å². The normalized spacial score (nSPS) is 18.7. The molecule has 1 atom stereocenters. The Morgan fingerprint density at radius 2 is 1.91 bits per heavy atom. The molecule has 5 rings (SSSR count). The number of quaternary nitrogens is 1. The second-order valence-electron chi connectivity index (χ2n) is 9.19. The van der Waals surface area contributed by atoms with E-state index >= 15 is 0 Å². The van der Waals surface area contributed by atoms with Gasteiger partial charge in [-0.3, -0.25) is 9.59 Å². The first-order chi connectivity index (χ1) is 16.1. The number of hydrogen-bond donors (Lipinski definition) is 2. The zero-order valence-corrected chi connectivity index (χ0v) is 20.6.